The zero-order valence-corrected chi connectivity index (χ0v) is 13.8. The Hall–Kier alpha value is -1.13. The fourth-order valence-electron chi connectivity index (χ4n) is 2.72. The van der Waals surface area contributed by atoms with Crippen LogP contribution in [0.15, 0.2) is 24.3 Å². The summed E-state index contributed by atoms with van der Waals surface area (Å²) in [5.41, 5.74) is 1.09. The Morgan fingerprint density at radius 1 is 1.20 bits per heavy atom. The number of benzene rings is 1. The van der Waals surface area contributed by atoms with E-state index in [1.54, 1.807) is 7.11 Å². The fourth-order valence-corrected chi connectivity index (χ4v) is 3.78. The maximum absolute atomic E-state index is 12.1. The van der Waals surface area contributed by atoms with Crippen LogP contribution in [0.5, 0.6) is 5.75 Å². The molecule has 0 unspecified atom stereocenters. The molecule has 0 aromatic heterocycles. The summed E-state index contributed by atoms with van der Waals surface area (Å²) in [4.78, 5) is 12.1. The summed E-state index contributed by atoms with van der Waals surface area (Å²) in [6.45, 7) is 6.51. The van der Waals surface area contributed by atoms with Crippen molar-refractivity contribution in [3.63, 3.8) is 0 Å². The van der Waals surface area contributed by atoms with E-state index in [9.17, 15) is 4.79 Å². The number of methoxy groups -OCH3 is 1. The molecule has 0 bridgehead atoms. The molecule has 1 fully saturated rings. The molecule has 1 saturated carbocycles. The highest BCUT2D eigenvalue weighted by Crippen LogP contribution is 2.38. The van der Waals surface area contributed by atoms with Crippen molar-refractivity contribution in [1.82, 2.24) is 0 Å². The van der Waals surface area contributed by atoms with Crippen LogP contribution in [-0.4, -0.2) is 21.2 Å². The highest BCUT2D eigenvalue weighted by atomic mass is 28.4. The molecule has 1 aromatic carbocycles. The average molecular weight is 292 g/mol. The molecule has 2 rings (SSSR count). The van der Waals surface area contributed by atoms with E-state index in [1.165, 1.54) is 0 Å². The number of hydrogen-bond donors (Lipinski definition) is 0. The number of rotatable bonds is 5. The summed E-state index contributed by atoms with van der Waals surface area (Å²) >= 11 is 0. The van der Waals surface area contributed by atoms with E-state index in [2.05, 4.69) is 19.6 Å². The van der Waals surface area contributed by atoms with Gasteiger partial charge in [0.05, 0.1) is 13.2 Å². The lowest BCUT2D eigenvalue weighted by molar-refractivity contribution is -0.123. The normalized spacial score (nSPS) is 21.0. The molecule has 1 aliphatic carbocycles. The van der Waals surface area contributed by atoms with Crippen LogP contribution in [0, 0.1) is 5.92 Å². The first-order chi connectivity index (χ1) is 9.40. The van der Waals surface area contributed by atoms with Gasteiger partial charge in [0.2, 0.25) is 0 Å². The maximum atomic E-state index is 12.1. The molecule has 0 heterocycles. The van der Waals surface area contributed by atoms with Crippen LogP contribution in [0.2, 0.25) is 19.6 Å². The molecule has 0 amide bonds. The number of carbonyl (C=O) groups excluding carboxylic acids is 1. The lowest BCUT2D eigenvalue weighted by Gasteiger charge is -2.30. The molecule has 2 atom stereocenters. The molecule has 110 valence electrons. The molecule has 4 heteroatoms. The van der Waals surface area contributed by atoms with Gasteiger partial charge in [-0.1, -0.05) is 12.1 Å². The van der Waals surface area contributed by atoms with Gasteiger partial charge in [0, 0.05) is 12.3 Å². The summed E-state index contributed by atoms with van der Waals surface area (Å²) in [6.07, 6.45) is 2.54. The van der Waals surface area contributed by atoms with Gasteiger partial charge >= 0.3 is 0 Å². The van der Waals surface area contributed by atoms with Crippen LogP contribution >= 0.6 is 0 Å². The first kappa shape index (κ1) is 15.3. The van der Waals surface area contributed by atoms with Crippen molar-refractivity contribution in [3.05, 3.63) is 29.8 Å². The van der Waals surface area contributed by atoms with Crippen molar-refractivity contribution < 1.29 is 14.0 Å². The van der Waals surface area contributed by atoms with E-state index in [-0.39, 0.29) is 12.0 Å². The van der Waals surface area contributed by atoms with E-state index < -0.39 is 8.32 Å². The minimum Gasteiger partial charge on any atom is -0.497 e. The predicted molar refractivity (Wildman–Crippen MR) is 82.5 cm³/mol. The third-order valence-corrected chi connectivity index (χ3v) is 4.60. The molecule has 1 aromatic rings. The lowest BCUT2D eigenvalue weighted by atomic mass is 9.94. The van der Waals surface area contributed by atoms with Crippen LogP contribution < -0.4 is 4.74 Å². The zero-order chi connectivity index (χ0) is 14.8. The van der Waals surface area contributed by atoms with Crippen molar-refractivity contribution in [2.75, 3.05) is 7.11 Å². The van der Waals surface area contributed by atoms with Gasteiger partial charge in [-0.3, -0.25) is 4.79 Å². The first-order valence-corrected chi connectivity index (χ1v) is 10.7. The highest BCUT2D eigenvalue weighted by molar-refractivity contribution is 6.69. The molecule has 0 saturated heterocycles. The minimum atomic E-state index is -1.71. The summed E-state index contributed by atoms with van der Waals surface area (Å²) in [6, 6.07) is 7.93. The summed E-state index contributed by atoms with van der Waals surface area (Å²) in [5.74, 6) is 1.21. The highest BCUT2D eigenvalue weighted by Gasteiger charge is 2.36. The van der Waals surface area contributed by atoms with Crippen molar-refractivity contribution in [2.45, 2.75) is 45.0 Å². The summed E-state index contributed by atoms with van der Waals surface area (Å²) < 4.78 is 11.5. The van der Waals surface area contributed by atoms with E-state index in [0.717, 1.165) is 24.2 Å². The molecule has 0 N–H and O–H groups in total. The Morgan fingerprint density at radius 3 is 2.30 bits per heavy atom. The van der Waals surface area contributed by atoms with Gasteiger partial charge in [0.25, 0.3) is 0 Å². The molecular formula is C16H24O3Si. The SMILES string of the molecule is COc1ccc([C@H](O[Si](C)(C)C)[C@H]2CCCC2=O)cc1. The second kappa shape index (κ2) is 6.10. The molecule has 0 spiro atoms. The van der Waals surface area contributed by atoms with E-state index >= 15 is 0 Å². The van der Waals surface area contributed by atoms with E-state index in [0.29, 0.717) is 12.2 Å². The Kier molecular flexibility index (Phi) is 4.65. The molecule has 0 radical (unpaired) electrons. The second-order valence-electron chi connectivity index (χ2n) is 6.39. The Bertz CT molecular complexity index is 462. The minimum absolute atomic E-state index is 0.0233. The van der Waals surface area contributed by atoms with Gasteiger partial charge in [-0.05, 0) is 50.2 Å². The van der Waals surface area contributed by atoms with Gasteiger partial charge in [0.15, 0.2) is 8.32 Å². The third-order valence-electron chi connectivity index (χ3n) is 3.64. The van der Waals surface area contributed by atoms with Gasteiger partial charge in [-0.15, -0.1) is 0 Å². The van der Waals surface area contributed by atoms with Gasteiger partial charge in [0.1, 0.15) is 11.5 Å². The Balaban J connectivity index is 2.27. The van der Waals surface area contributed by atoms with Crippen molar-refractivity contribution >= 4 is 14.1 Å². The predicted octanol–water partition coefficient (Wildman–Crippen LogP) is 3.96. The molecule has 3 nitrogen and oxygen atoms in total. The van der Waals surface area contributed by atoms with Crippen molar-refractivity contribution in [3.8, 4) is 5.75 Å². The average Bonchev–Trinajstić information content (AvgIpc) is 2.81. The van der Waals surface area contributed by atoms with Gasteiger partial charge in [-0.25, -0.2) is 0 Å². The van der Waals surface area contributed by atoms with Crippen molar-refractivity contribution in [2.24, 2.45) is 5.92 Å². The van der Waals surface area contributed by atoms with Crippen LogP contribution in [0.25, 0.3) is 0 Å². The molecule has 1 aliphatic rings. The lowest BCUT2D eigenvalue weighted by Crippen LogP contribution is -2.32. The van der Waals surface area contributed by atoms with Crippen LogP contribution in [0.1, 0.15) is 30.9 Å². The summed E-state index contributed by atoms with van der Waals surface area (Å²) in [5, 5.41) is 0. The third kappa shape index (κ3) is 3.70. The van der Waals surface area contributed by atoms with E-state index in [1.807, 2.05) is 24.3 Å². The van der Waals surface area contributed by atoms with Crippen LogP contribution in [0.3, 0.4) is 0 Å². The van der Waals surface area contributed by atoms with Crippen LogP contribution in [-0.2, 0) is 9.22 Å². The number of ether oxygens (including phenoxy) is 1. The first-order valence-electron chi connectivity index (χ1n) is 7.25. The fraction of sp³-hybridized carbons (Fsp3) is 0.562. The second-order valence-corrected chi connectivity index (χ2v) is 10.8. The topological polar surface area (TPSA) is 35.5 Å². The Labute approximate surface area is 122 Å². The molecule has 20 heavy (non-hydrogen) atoms. The van der Waals surface area contributed by atoms with Gasteiger partial charge < -0.3 is 9.16 Å². The largest absolute Gasteiger partial charge is 0.497 e. The van der Waals surface area contributed by atoms with Crippen LogP contribution in [0.4, 0.5) is 0 Å². The smallest absolute Gasteiger partial charge is 0.184 e. The maximum Gasteiger partial charge on any atom is 0.184 e. The monoisotopic (exact) mass is 292 g/mol. The molecule has 0 aliphatic heterocycles. The Morgan fingerprint density at radius 2 is 1.85 bits per heavy atom. The molecular weight excluding hydrogens is 268 g/mol. The standard InChI is InChI=1S/C16H24O3Si/c1-18-13-10-8-12(9-11-13)16(19-20(2,3)4)14-6-5-7-15(14)17/h8-11,14,16H,5-7H2,1-4H3/t14-,16-/m0/s1. The van der Waals surface area contributed by atoms with Gasteiger partial charge in [-0.2, -0.15) is 0 Å². The van der Waals surface area contributed by atoms with Crippen molar-refractivity contribution in [1.29, 1.82) is 0 Å². The number of ketones is 1. The number of Topliss-reactive ketones (excluding diaryl/α,β-unsaturated/α-hetero) is 1. The quantitative estimate of drug-likeness (QED) is 0.771. The zero-order valence-electron chi connectivity index (χ0n) is 12.8. The summed E-state index contributed by atoms with van der Waals surface area (Å²) in [7, 11) is -0.0473. The number of hydrogen-bond acceptors (Lipinski definition) is 3. The van der Waals surface area contributed by atoms with E-state index in [4.69, 9.17) is 9.16 Å². The number of carbonyl (C=O) groups is 1.